The molecule has 2 aromatic rings. The minimum absolute atomic E-state index is 0.183. The van der Waals surface area contributed by atoms with Gasteiger partial charge in [0.05, 0.1) is 13.2 Å². The van der Waals surface area contributed by atoms with E-state index in [1.165, 1.54) is 12.1 Å². The Balaban J connectivity index is 2.23. The molecule has 1 aromatic carbocycles. The Morgan fingerprint density at radius 1 is 1.44 bits per heavy atom. The molecule has 0 saturated heterocycles. The van der Waals surface area contributed by atoms with E-state index in [0.29, 0.717) is 12.1 Å². The Morgan fingerprint density at radius 3 is 2.83 bits per heavy atom. The molecule has 0 bridgehead atoms. The summed E-state index contributed by atoms with van der Waals surface area (Å²) in [6.45, 7) is 0.417. The van der Waals surface area contributed by atoms with Crippen molar-refractivity contribution in [1.29, 1.82) is 0 Å². The number of hydrogen-bond acceptors (Lipinski definition) is 3. The monoisotopic (exact) mass is 249 g/mol. The fraction of sp³-hybridized carbons (Fsp3) is 0.308. The van der Waals surface area contributed by atoms with Gasteiger partial charge in [0.2, 0.25) is 0 Å². The molecule has 0 fully saturated rings. The van der Waals surface area contributed by atoms with Crippen LogP contribution in [0.1, 0.15) is 11.4 Å². The number of hydrogen-bond donors (Lipinski definition) is 1. The van der Waals surface area contributed by atoms with Gasteiger partial charge in [-0.05, 0) is 18.2 Å². The van der Waals surface area contributed by atoms with E-state index < -0.39 is 0 Å². The molecule has 1 heterocycles. The molecule has 0 aliphatic heterocycles. The van der Waals surface area contributed by atoms with Gasteiger partial charge in [-0.25, -0.2) is 9.37 Å². The number of anilines is 1. The minimum Gasteiger partial charge on any atom is -0.392 e. The smallest absolute Gasteiger partial charge is 0.127 e. The Morgan fingerprint density at radius 2 is 2.22 bits per heavy atom. The SMILES string of the molecule is CN(Cc1nccn1C)c1ccc(F)cc1CO. The number of imidazole rings is 1. The molecule has 1 aromatic heterocycles. The van der Waals surface area contributed by atoms with Gasteiger partial charge in [0.25, 0.3) is 0 Å². The van der Waals surface area contributed by atoms with Gasteiger partial charge in [-0.15, -0.1) is 0 Å². The molecule has 5 heteroatoms. The van der Waals surface area contributed by atoms with Crippen molar-refractivity contribution >= 4 is 5.69 Å². The highest BCUT2D eigenvalue weighted by atomic mass is 19.1. The van der Waals surface area contributed by atoms with Crippen LogP contribution < -0.4 is 4.90 Å². The van der Waals surface area contributed by atoms with E-state index in [4.69, 9.17) is 0 Å². The van der Waals surface area contributed by atoms with Crippen molar-refractivity contribution in [1.82, 2.24) is 9.55 Å². The first-order chi connectivity index (χ1) is 8.61. The van der Waals surface area contributed by atoms with Crippen LogP contribution in [-0.2, 0) is 20.2 Å². The number of benzene rings is 1. The van der Waals surface area contributed by atoms with E-state index in [0.717, 1.165) is 11.5 Å². The summed E-state index contributed by atoms with van der Waals surface area (Å²) < 4.78 is 15.0. The second-order valence-corrected chi connectivity index (χ2v) is 4.24. The minimum atomic E-state index is -0.340. The first-order valence-electron chi connectivity index (χ1n) is 5.68. The maximum Gasteiger partial charge on any atom is 0.127 e. The summed E-state index contributed by atoms with van der Waals surface area (Å²) in [6, 6.07) is 4.41. The zero-order valence-corrected chi connectivity index (χ0v) is 10.5. The second kappa shape index (κ2) is 5.18. The van der Waals surface area contributed by atoms with Crippen LogP contribution in [0.3, 0.4) is 0 Å². The molecule has 2 rings (SSSR count). The average Bonchev–Trinajstić information content (AvgIpc) is 2.74. The molecule has 4 nitrogen and oxygen atoms in total. The topological polar surface area (TPSA) is 41.3 Å². The zero-order chi connectivity index (χ0) is 13.1. The van der Waals surface area contributed by atoms with Gasteiger partial charge in [-0.3, -0.25) is 0 Å². The van der Waals surface area contributed by atoms with Crippen LogP contribution in [0.25, 0.3) is 0 Å². The maximum atomic E-state index is 13.1. The van der Waals surface area contributed by atoms with Gasteiger partial charge in [0.1, 0.15) is 11.6 Å². The second-order valence-electron chi connectivity index (χ2n) is 4.24. The summed E-state index contributed by atoms with van der Waals surface area (Å²) in [5.74, 6) is 0.568. The summed E-state index contributed by atoms with van der Waals surface area (Å²) in [5, 5.41) is 9.26. The predicted molar refractivity (Wildman–Crippen MR) is 67.6 cm³/mol. The third-order valence-electron chi connectivity index (χ3n) is 2.92. The lowest BCUT2D eigenvalue weighted by atomic mass is 10.1. The predicted octanol–water partition coefficient (Wildman–Crippen LogP) is 1.69. The van der Waals surface area contributed by atoms with Crippen molar-refractivity contribution in [3.8, 4) is 0 Å². The number of aromatic nitrogens is 2. The zero-order valence-electron chi connectivity index (χ0n) is 10.5. The van der Waals surface area contributed by atoms with Crippen LogP contribution in [0.2, 0.25) is 0 Å². The van der Waals surface area contributed by atoms with E-state index in [9.17, 15) is 9.50 Å². The molecule has 0 radical (unpaired) electrons. The van der Waals surface area contributed by atoms with E-state index in [1.807, 2.05) is 29.8 Å². The highest BCUT2D eigenvalue weighted by molar-refractivity contribution is 5.53. The summed E-state index contributed by atoms with van der Waals surface area (Å²) in [5.41, 5.74) is 1.38. The number of nitrogens with zero attached hydrogens (tertiary/aromatic N) is 3. The molecule has 0 aliphatic carbocycles. The highest BCUT2D eigenvalue weighted by Gasteiger charge is 2.10. The summed E-state index contributed by atoms with van der Waals surface area (Å²) >= 11 is 0. The third-order valence-corrected chi connectivity index (χ3v) is 2.92. The summed E-state index contributed by atoms with van der Waals surface area (Å²) in [4.78, 5) is 6.18. The van der Waals surface area contributed by atoms with Crippen LogP contribution in [0.15, 0.2) is 30.6 Å². The van der Waals surface area contributed by atoms with E-state index >= 15 is 0 Å². The number of aliphatic hydroxyl groups is 1. The fourth-order valence-corrected chi connectivity index (χ4v) is 1.90. The molecule has 0 aliphatic rings. The Hall–Kier alpha value is -1.88. The quantitative estimate of drug-likeness (QED) is 0.896. The van der Waals surface area contributed by atoms with Gasteiger partial charge in [-0.2, -0.15) is 0 Å². The Kier molecular flexibility index (Phi) is 3.62. The van der Waals surface area contributed by atoms with Crippen molar-refractivity contribution < 1.29 is 9.50 Å². The molecule has 0 spiro atoms. The standard InChI is InChI=1S/C13H16FN3O/c1-16-6-5-15-13(16)8-17(2)12-4-3-11(14)7-10(12)9-18/h3-7,18H,8-9H2,1-2H3. The highest BCUT2D eigenvalue weighted by Crippen LogP contribution is 2.22. The number of aryl methyl sites for hydroxylation is 1. The molecular weight excluding hydrogens is 233 g/mol. The van der Waals surface area contributed by atoms with Crippen LogP contribution >= 0.6 is 0 Å². The molecule has 0 unspecified atom stereocenters. The summed E-state index contributed by atoms with van der Waals surface area (Å²) in [7, 11) is 3.81. The van der Waals surface area contributed by atoms with Gasteiger partial charge in [0.15, 0.2) is 0 Å². The van der Waals surface area contributed by atoms with Crippen LogP contribution in [-0.4, -0.2) is 21.7 Å². The van der Waals surface area contributed by atoms with Crippen molar-refractivity contribution in [2.45, 2.75) is 13.2 Å². The van der Waals surface area contributed by atoms with E-state index in [2.05, 4.69) is 4.98 Å². The van der Waals surface area contributed by atoms with Crippen LogP contribution in [0.5, 0.6) is 0 Å². The molecule has 18 heavy (non-hydrogen) atoms. The fourth-order valence-electron chi connectivity index (χ4n) is 1.90. The normalized spacial score (nSPS) is 10.7. The maximum absolute atomic E-state index is 13.1. The Labute approximate surface area is 105 Å². The number of aliphatic hydroxyl groups excluding tert-OH is 1. The lowest BCUT2D eigenvalue weighted by Gasteiger charge is -2.21. The van der Waals surface area contributed by atoms with Crippen LogP contribution in [0, 0.1) is 5.82 Å². The van der Waals surface area contributed by atoms with Gasteiger partial charge >= 0.3 is 0 Å². The van der Waals surface area contributed by atoms with Crippen molar-refractivity contribution in [2.24, 2.45) is 7.05 Å². The summed E-state index contributed by atoms with van der Waals surface area (Å²) in [6.07, 6.45) is 3.61. The molecule has 96 valence electrons. The first-order valence-corrected chi connectivity index (χ1v) is 5.68. The van der Waals surface area contributed by atoms with Crippen molar-refractivity contribution in [3.63, 3.8) is 0 Å². The van der Waals surface area contributed by atoms with E-state index in [-0.39, 0.29) is 12.4 Å². The molecular formula is C13H16FN3O. The number of rotatable bonds is 4. The van der Waals surface area contributed by atoms with E-state index in [1.54, 1.807) is 12.3 Å². The van der Waals surface area contributed by atoms with Gasteiger partial charge in [0, 0.05) is 37.7 Å². The molecule has 0 atom stereocenters. The molecule has 0 amide bonds. The third kappa shape index (κ3) is 2.51. The average molecular weight is 249 g/mol. The molecule has 0 saturated carbocycles. The largest absolute Gasteiger partial charge is 0.392 e. The first kappa shape index (κ1) is 12.6. The lowest BCUT2D eigenvalue weighted by molar-refractivity contribution is 0.281. The van der Waals surface area contributed by atoms with Gasteiger partial charge < -0.3 is 14.6 Å². The van der Waals surface area contributed by atoms with Crippen LogP contribution in [0.4, 0.5) is 10.1 Å². The molecule has 1 N–H and O–H groups in total. The van der Waals surface area contributed by atoms with Crippen molar-refractivity contribution in [3.05, 3.63) is 47.8 Å². The van der Waals surface area contributed by atoms with Gasteiger partial charge in [-0.1, -0.05) is 0 Å². The number of halogens is 1. The van der Waals surface area contributed by atoms with Crippen molar-refractivity contribution in [2.75, 3.05) is 11.9 Å². The lowest BCUT2D eigenvalue weighted by Crippen LogP contribution is -2.20. The Bertz CT molecular complexity index is 539.